The SMILES string of the molecule is O=C(c1cc(C2CC2)on1)N1CCCSCC1CN1CCOCC1. The summed E-state index contributed by atoms with van der Waals surface area (Å²) >= 11 is 1.95. The molecule has 24 heavy (non-hydrogen) atoms. The normalized spacial score (nSPS) is 26.3. The number of nitrogens with zero attached hydrogens (tertiary/aromatic N) is 3. The molecule has 1 aromatic rings. The van der Waals surface area contributed by atoms with Crippen LogP contribution in [0.5, 0.6) is 0 Å². The van der Waals surface area contributed by atoms with Gasteiger partial charge in [0.1, 0.15) is 5.76 Å². The lowest BCUT2D eigenvalue weighted by molar-refractivity contribution is 0.0243. The minimum Gasteiger partial charge on any atom is -0.379 e. The predicted octanol–water partition coefficient (Wildman–Crippen LogP) is 1.83. The Labute approximate surface area is 146 Å². The van der Waals surface area contributed by atoms with Gasteiger partial charge in [-0.1, -0.05) is 5.16 Å². The zero-order valence-corrected chi connectivity index (χ0v) is 14.8. The molecular weight excluding hydrogens is 326 g/mol. The summed E-state index contributed by atoms with van der Waals surface area (Å²) in [6, 6.07) is 2.10. The molecule has 1 saturated carbocycles. The van der Waals surface area contributed by atoms with Crippen LogP contribution in [-0.4, -0.2) is 77.8 Å². The van der Waals surface area contributed by atoms with E-state index in [2.05, 4.69) is 10.1 Å². The first-order valence-corrected chi connectivity index (χ1v) is 10.1. The molecule has 1 unspecified atom stereocenters. The Kier molecular flexibility index (Phi) is 5.10. The molecule has 1 atom stereocenters. The Morgan fingerprint density at radius 1 is 1.29 bits per heavy atom. The zero-order valence-electron chi connectivity index (χ0n) is 14.0. The van der Waals surface area contributed by atoms with Gasteiger partial charge in [0.25, 0.3) is 5.91 Å². The number of aromatic nitrogens is 1. The molecule has 1 aromatic heterocycles. The summed E-state index contributed by atoms with van der Waals surface area (Å²) in [6.45, 7) is 5.24. The van der Waals surface area contributed by atoms with E-state index in [1.807, 2.05) is 22.7 Å². The summed E-state index contributed by atoms with van der Waals surface area (Å²) in [5.74, 6) is 3.52. The zero-order chi connectivity index (χ0) is 16.4. The van der Waals surface area contributed by atoms with E-state index in [1.54, 1.807) is 0 Å². The number of hydrogen-bond acceptors (Lipinski definition) is 6. The van der Waals surface area contributed by atoms with Crippen LogP contribution in [0, 0.1) is 0 Å². The lowest BCUT2D eigenvalue weighted by atomic mass is 10.2. The highest BCUT2D eigenvalue weighted by molar-refractivity contribution is 7.99. The molecule has 3 aliphatic rings. The Balaban J connectivity index is 1.46. The van der Waals surface area contributed by atoms with E-state index in [9.17, 15) is 4.79 Å². The third-order valence-corrected chi connectivity index (χ3v) is 6.20. The van der Waals surface area contributed by atoms with Crippen LogP contribution in [0.3, 0.4) is 0 Å². The Bertz CT molecular complexity index is 569. The van der Waals surface area contributed by atoms with Crippen molar-refractivity contribution in [3.8, 4) is 0 Å². The Morgan fingerprint density at radius 2 is 2.12 bits per heavy atom. The molecule has 4 rings (SSSR count). The molecule has 132 valence electrons. The van der Waals surface area contributed by atoms with Crippen molar-refractivity contribution in [2.24, 2.45) is 0 Å². The van der Waals surface area contributed by atoms with Crippen molar-refractivity contribution in [3.63, 3.8) is 0 Å². The Morgan fingerprint density at radius 3 is 2.92 bits per heavy atom. The first kappa shape index (κ1) is 16.4. The highest BCUT2D eigenvalue weighted by atomic mass is 32.2. The van der Waals surface area contributed by atoms with Crippen molar-refractivity contribution in [2.75, 3.05) is 50.9 Å². The number of amides is 1. The average molecular weight is 351 g/mol. The largest absolute Gasteiger partial charge is 0.379 e. The van der Waals surface area contributed by atoms with Crippen molar-refractivity contribution < 1.29 is 14.1 Å². The molecule has 1 amide bonds. The molecule has 3 fully saturated rings. The number of ether oxygens (including phenoxy) is 1. The minimum absolute atomic E-state index is 0.0337. The first-order chi connectivity index (χ1) is 11.8. The molecule has 0 bridgehead atoms. The van der Waals surface area contributed by atoms with Crippen molar-refractivity contribution in [1.82, 2.24) is 15.0 Å². The molecule has 0 aromatic carbocycles. The van der Waals surface area contributed by atoms with Crippen LogP contribution in [0.15, 0.2) is 10.6 Å². The van der Waals surface area contributed by atoms with Gasteiger partial charge in [0.05, 0.1) is 19.3 Å². The number of hydrogen-bond donors (Lipinski definition) is 0. The second kappa shape index (κ2) is 7.45. The summed E-state index contributed by atoms with van der Waals surface area (Å²) in [7, 11) is 0. The fourth-order valence-electron chi connectivity index (χ4n) is 3.43. The van der Waals surface area contributed by atoms with E-state index < -0.39 is 0 Å². The summed E-state index contributed by atoms with van der Waals surface area (Å²) in [4.78, 5) is 17.5. The van der Waals surface area contributed by atoms with Gasteiger partial charge >= 0.3 is 0 Å². The molecule has 2 saturated heterocycles. The predicted molar refractivity (Wildman–Crippen MR) is 92.5 cm³/mol. The van der Waals surface area contributed by atoms with Gasteiger partial charge in [0, 0.05) is 43.9 Å². The van der Waals surface area contributed by atoms with Gasteiger partial charge in [0.15, 0.2) is 5.69 Å². The maximum Gasteiger partial charge on any atom is 0.276 e. The highest BCUT2D eigenvalue weighted by Gasteiger charge is 2.33. The maximum atomic E-state index is 13.0. The number of carbonyl (C=O) groups is 1. The van der Waals surface area contributed by atoms with Crippen LogP contribution >= 0.6 is 11.8 Å². The van der Waals surface area contributed by atoms with E-state index in [0.717, 1.165) is 75.9 Å². The van der Waals surface area contributed by atoms with Crippen molar-refractivity contribution in [3.05, 3.63) is 17.5 Å². The third kappa shape index (κ3) is 3.78. The van der Waals surface area contributed by atoms with Crippen LogP contribution in [0.4, 0.5) is 0 Å². The second-order valence-corrected chi connectivity index (χ2v) is 8.03. The lowest BCUT2D eigenvalue weighted by Gasteiger charge is -2.35. The number of morpholine rings is 1. The topological polar surface area (TPSA) is 58.8 Å². The minimum atomic E-state index is 0.0337. The van der Waals surface area contributed by atoms with Gasteiger partial charge < -0.3 is 14.2 Å². The summed E-state index contributed by atoms with van der Waals surface area (Å²) in [5, 5.41) is 4.06. The van der Waals surface area contributed by atoms with Gasteiger partial charge in [-0.25, -0.2) is 0 Å². The fraction of sp³-hybridized carbons (Fsp3) is 0.765. The smallest absolute Gasteiger partial charge is 0.276 e. The van der Waals surface area contributed by atoms with Gasteiger partial charge in [-0.3, -0.25) is 9.69 Å². The van der Waals surface area contributed by atoms with Gasteiger partial charge in [-0.15, -0.1) is 0 Å². The molecule has 7 heteroatoms. The third-order valence-electron chi connectivity index (χ3n) is 5.00. The van der Waals surface area contributed by atoms with E-state index in [0.29, 0.717) is 11.6 Å². The summed E-state index contributed by atoms with van der Waals surface area (Å²) < 4.78 is 10.8. The van der Waals surface area contributed by atoms with E-state index in [1.165, 1.54) is 0 Å². The maximum absolute atomic E-state index is 13.0. The van der Waals surface area contributed by atoms with Crippen LogP contribution in [-0.2, 0) is 4.74 Å². The fourth-order valence-corrected chi connectivity index (χ4v) is 4.48. The summed E-state index contributed by atoms with van der Waals surface area (Å²) in [5.41, 5.74) is 0.482. The van der Waals surface area contributed by atoms with E-state index >= 15 is 0 Å². The number of rotatable bonds is 4. The number of carbonyl (C=O) groups excluding carboxylic acids is 1. The standard InChI is InChI=1S/C17H25N3O3S/c21-17(15-10-16(23-18-15)13-2-3-13)20-4-1-9-24-12-14(20)11-19-5-7-22-8-6-19/h10,13-14H,1-9,11-12H2. The summed E-state index contributed by atoms with van der Waals surface area (Å²) in [6.07, 6.45) is 3.36. The van der Waals surface area contributed by atoms with Crippen LogP contribution in [0.25, 0.3) is 0 Å². The molecule has 0 radical (unpaired) electrons. The molecule has 0 N–H and O–H groups in total. The van der Waals surface area contributed by atoms with Crippen LogP contribution in [0.1, 0.15) is 41.4 Å². The van der Waals surface area contributed by atoms with Crippen molar-refractivity contribution in [1.29, 1.82) is 0 Å². The van der Waals surface area contributed by atoms with E-state index in [-0.39, 0.29) is 11.9 Å². The molecular formula is C17H25N3O3S. The monoisotopic (exact) mass is 351 g/mol. The second-order valence-electron chi connectivity index (χ2n) is 6.88. The average Bonchev–Trinajstić information content (AvgIpc) is 3.38. The molecule has 6 nitrogen and oxygen atoms in total. The lowest BCUT2D eigenvalue weighted by Crippen LogP contribution is -2.50. The molecule has 1 aliphatic carbocycles. The molecule has 0 spiro atoms. The quantitative estimate of drug-likeness (QED) is 0.825. The first-order valence-electron chi connectivity index (χ1n) is 8.96. The van der Waals surface area contributed by atoms with E-state index in [4.69, 9.17) is 9.26 Å². The van der Waals surface area contributed by atoms with Crippen molar-refractivity contribution in [2.45, 2.75) is 31.2 Å². The van der Waals surface area contributed by atoms with Gasteiger partial charge in [-0.05, 0) is 25.0 Å². The van der Waals surface area contributed by atoms with Crippen LogP contribution < -0.4 is 0 Å². The van der Waals surface area contributed by atoms with Crippen LogP contribution in [0.2, 0.25) is 0 Å². The number of thioether (sulfide) groups is 1. The Hall–Kier alpha value is -1.05. The molecule has 3 heterocycles. The van der Waals surface area contributed by atoms with Gasteiger partial charge in [0.2, 0.25) is 0 Å². The van der Waals surface area contributed by atoms with Crippen molar-refractivity contribution >= 4 is 17.7 Å². The highest BCUT2D eigenvalue weighted by Crippen LogP contribution is 2.40. The van der Waals surface area contributed by atoms with Gasteiger partial charge in [-0.2, -0.15) is 11.8 Å². The molecule has 2 aliphatic heterocycles.